The van der Waals surface area contributed by atoms with E-state index in [1.165, 1.54) is 11.1 Å². The molecule has 1 aliphatic heterocycles. The maximum atomic E-state index is 13.2. The molecule has 0 radical (unpaired) electrons. The van der Waals surface area contributed by atoms with Gasteiger partial charge in [0.15, 0.2) is 11.5 Å². The van der Waals surface area contributed by atoms with Crippen molar-refractivity contribution in [3.05, 3.63) is 52.2 Å². The number of hydrogen-bond acceptors (Lipinski definition) is 5. The van der Waals surface area contributed by atoms with Gasteiger partial charge in [0, 0.05) is 17.8 Å². The average Bonchev–Trinajstić information content (AvgIpc) is 2.70. The van der Waals surface area contributed by atoms with Crippen LogP contribution in [0.25, 0.3) is 0 Å². The van der Waals surface area contributed by atoms with Crippen LogP contribution in [-0.4, -0.2) is 34.9 Å². The molecule has 7 nitrogen and oxygen atoms in total. The van der Waals surface area contributed by atoms with E-state index in [4.69, 9.17) is 23.2 Å². The Bertz CT molecular complexity index is 1050. The number of anilines is 2. The van der Waals surface area contributed by atoms with Crippen LogP contribution in [0.3, 0.4) is 0 Å². The van der Waals surface area contributed by atoms with Gasteiger partial charge in [-0.05, 0) is 50.1 Å². The first-order valence-electron chi connectivity index (χ1n) is 9.33. The third-order valence-corrected chi connectivity index (χ3v) is 4.87. The number of nitrogens with one attached hydrogen (secondary N) is 3. The van der Waals surface area contributed by atoms with Crippen LogP contribution in [-0.2, 0) is 4.79 Å². The van der Waals surface area contributed by atoms with E-state index in [1.807, 2.05) is 19.9 Å². The molecular weight excluding hydrogens is 425 g/mol. The Morgan fingerprint density at radius 2 is 2.03 bits per heavy atom. The number of amides is 2. The molecule has 2 atom stereocenters. The zero-order valence-corrected chi connectivity index (χ0v) is 18.2. The van der Waals surface area contributed by atoms with Gasteiger partial charge in [-0.3, -0.25) is 14.6 Å². The highest BCUT2D eigenvalue weighted by atomic mass is 35.5. The van der Waals surface area contributed by atoms with Crippen LogP contribution in [0.2, 0.25) is 5.02 Å². The molecule has 156 valence electrons. The van der Waals surface area contributed by atoms with Crippen LogP contribution in [0.15, 0.2) is 30.5 Å². The lowest BCUT2D eigenvalue weighted by Crippen LogP contribution is -2.56. The van der Waals surface area contributed by atoms with Gasteiger partial charge in [-0.15, -0.1) is 0 Å². The Balaban J connectivity index is 1.96. The van der Waals surface area contributed by atoms with Gasteiger partial charge >= 0.3 is 0 Å². The largest absolute Gasteiger partial charge is 0.352 e. The van der Waals surface area contributed by atoms with Crippen molar-refractivity contribution in [2.24, 2.45) is 0 Å². The van der Waals surface area contributed by atoms with E-state index >= 15 is 0 Å². The van der Waals surface area contributed by atoms with Crippen LogP contribution >= 0.6 is 23.2 Å². The summed E-state index contributed by atoms with van der Waals surface area (Å²) in [6, 6.07) is 5.97. The molecule has 3 rings (SSSR count). The molecule has 3 N–H and O–H groups in total. The summed E-state index contributed by atoms with van der Waals surface area (Å²) in [5.41, 5.74) is 4.47. The van der Waals surface area contributed by atoms with E-state index in [2.05, 4.69) is 32.9 Å². The second-order valence-corrected chi connectivity index (χ2v) is 7.56. The fourth-order valence-electron chi connectivity index (χ4n) is 3.08. The Kier molecular flexibility index (Phi) is 6.83. The lowest BCUT2D eigenvalue weighted by atomic mass is 10.1. The predicted octanol–water partition coefficient (Wildman–Crippen LogP) is 3.00. The number of nitrogens with zero attached hydrogens (tertiary/aromatic N) is 2. The molecule has 0 saturated heterocycles. The van der Waals surface area contributed by atoms with Crippen molar-refractivity contribution in [2.75, 3.05) is 16.9 Å². The minimum absolute atomic E-state index is 0.280. The van der Waals surface area contributed by atoms with Crippen LogP contribution in [0.4, 0.5) is 11.5 Å². The number of rotatable bonds is 5. The topological polar surface area (TPSA) is 86.4 Å². The van der Waals surface area contributed by atoms with Crippen molar-refractivity contribution in [3.8, 4) is 11.8 Å². The number of hydrogen-bond donors (Lipinski definition) is 3. The number of benzene rings is 1. The van der Waals surface area contributed by atoms with Crippen LogP contribution in [0.5, 0.6) is 0 Å². The number of carbonyl (C=O) groups excluding carboxylic acids is 2. The Hall–Kier alpha value is -2.79. The number of halogens is 2. The van der Waals surface area contributed by atoms with Crippen molar-refractivity contribution in [3.63, 3.8) is 0 Å². The number of pyridine rings is 1. The van der Waals surface area contributed by atoms with Crippen molar-refractivity contribution in [1.82, 2.24) is 15.7 Å². The van der Waals surface area contributed by atoms with Gasteiger partial charge in [0.25, 0.3) is 11.8 Å². The van der Waals surface area contributed by atoms with Crippen LogP contribution in [0.1, 0.15) is 28.4 Å². The predicted molar refractivity (Wildman–Crippen MR) is 119 cm³/mol. The zero-order chi connectivity index (χ0) is 21.8. The Morgan fingerprint density at radius 3 is 2.73 bits per heavy atom. The summed E-state index contributed by atoms with van der Waals surface area (Å²) < 4.78 is 0. The minimum Gasteiger partial charge on any atom is -0.352 e. The molecule has 1 unspecified atom stereocenters. The number of hydrazine groups is 1. The van der Waals surface area contributed by atoms with Crippen LogP contribution in [0, 0.1) is 25.7 Å². The van der Waals surface area contributed by atoms with Gasteiger partial charge in [-0.2, -0.15) is 0 Å². The summed E-state index contributed by atoms with van der Waals surface area (Å²) in [6.45, 7) is 5.90. The maximum absolute atomic E-state index is 13.2. The Labute approximate surface area is 185 Å². The summed E-state index contributed by atoms with van der Waals surface area (Å²) in [5, 5.41) is 7.51. The summed E-state index contributed by atoms with van der Waals surface area (Å²) in [5.74, 6) is 5.42. The molecule has 1 aromatic carbocycles. The molecule has 2 aromatic rings. The second kappa shape index (κ2) is 9.35. The Morgan fingerprint density at radius 1 is 1.27 bits per heavy atom. The van der Waals surface area contributed by atoms with Crippen LogP contribution < -0.4 is 21.1 Å². The lowest BCUT2D eigenvalue weighted by molar-refractivity contribution is -0.116. The van der Waals surface area contributed by atoms with E-state index in [-0.39, 0.29) is 11.5 Å². The number of carbonyl (C=O) groups is 2. The highest BCUT2D eigenvalue weighted by molar-refractivity contribution is 6.31. The molecule has 0 bridgehead atoms. The molecule has 30 heavy (non-hydrogen) atoms. The smallest absolute Gasteiger partial charge is 0.261 e. The molecule has 0 aliphatic carbocycles. The molecule has 0 saturated carbocycles. The molecule has 1 aliphatic rings. The van der Waals surface area contributed by atoms with E-state index in [0.29, 0.717) is 28.6 Å². The summed E-state index contributed by atoms with van der Waals surface area (Å²) in [4.78, 5) is 30.1. The molecule has 0 fully saturated rings. The summed E-state index contributed by atoms with van der Waals surface area (Å²) in [7, 11) is 0. The van der Waals surface area contributed by atoms with Gasteiger partial charge in [-0.25, -0.2) is 10.4 Å². The first-order chi connectivity index (χ1) is 14.3. The van der Waals surface area contributed by atoms with E-state index in [0.717, 1.165) is 5.56 Å². The molecule has 1 aromatic heterocycles. The molecular formula is C21H21Cl2N5O2. The van der Waals surface area contributed by atoms with Gasteiger partial charge in [0.1, 0.15) is 5.82 Å². The normalized spacial score (nSPS) is 17.7. The average molecular weight is 446 g/mol. The third kappa shape index (κ3) is 4.68. The van der Waals surface area contributed by atoms with E-state index in [1.54, 1.807) is 25.3 Å². The summed E-state index contributed by atoms with van der Waals surface area (Å²) in [6.07, 6.45) is 1.63. The van der Waals surface area contributed by atoms with Gasteiger partial charge in [0.2, 0.25) is 0 Å². The molecule has 9 heteroatoms. The van der Waals surface area contributed by atoms with E-state index < -0.39 is 17.5 Å². The van der Waals surface area contributed by atoms with Crippen molar-refractivity contribution in [1.29, 1.82) is 0 Å². The number of aryl methyl sites for hydroxylation is 2. The fraction of sp³-hybridized carbons (Fsp3) is 0.286. The lowest BCUT2D eigenvalue weighted by Gasteiger charge is -2.33. The zero-order valence-electron chi connectivity index (χ0n) is 16.7. The summed E-state index contributed by atoms with van der Waals surface area (Å²) >= 11 is 12.3. The minimum atomic E-state index is -0.911. The highest BCUT2D eigenvalue weighted by Crippen LogP contribution is 2.27. The second-order valence-electron chi connectivity index (χ2n) is 6.69. The quantitative estimate of drug-likeness (QED) is 0.374. The van der Waals surface area contributed by atoms with Gasteiger partial charge < -0.3 is 10.6 Å². The molecule has 2 amide bonds. The monoisotopic (exact) mass is 445 g/mol. The SMILES string of the molecule is CCNC(=O)c1cc(Cl)cc(C)c1NC(=O)C1C#C[C@H](Cl)NN1c1ncccc1C. The fourth-order valence-corrected chi connectivity index (χ4v) is 3.52. The van der Waals surface area contributed by atoms with Crippen molar-refractivity contribution in [2.45, 2.75) is 32.3 Å². The standard InChI is InChI=1S/C21H21Cl2N5O2/c1-4-24-20(29)15-11-14(22)10-13(3)18(15)26-21(30)16-7-8-17(23)27-28(16)19-12(2)6-5-9-25-19/h5-6,9-11,16-17,27H,4H2,1-3H3,(H,24,29)(H,26,30)/t16?,17-/m1/s1. The highest BCUT2D eigenvalue weighted by Gasteiger charge is 2.31. The maximum Gasteiger partial charge on any atom is 0.261 e. The molecule has 0 spiro atoms. The van der Waals surface area contributed by atoms with Crippen molar-refractivity contribution < 1.29 is 9.59 Å². The third-order valence-electron chi connectivity index (χ3n) is 4.45. The number of alkyl halides is 1. The van der Waals surface area contributed by atoms with Crippen molar-refractivity contribution >= 4 is 46.5 Å². The first kappa shape index (κ1) is 21.9. The van der Waals surface area contributed by atoms with Gasteiger partial charge in [0.05, 0.1) is 11.3 Å². The molecule has 2 heterocycles. The number of aromatic nitrogens is 1. The first-order valence-corrected chi connectivity index (χ1v) is 10.1. The van der Waals surface area contributed by atoms with Gasteiger partial charge in [-0.1, -0.05) is 41.1 Å². The van der Waals surface area contributed by atoms with E-state index in [9.17, 15) is 9.59 Å².